The van der Waals surface area contributed by atoms with Gasteiger partial charge in [0.15, 0.2) is 0 Å². The zero-order valence-electron chi connectivity index (χ0n) is 20.4. The number of carbonyl (C=O) groups is 1. The molecular formula is C27H32N2O4S2. The van der Waals surface area contributed by atoms with Gasteiger partial charge in [-0.05, 0) is 61.4 Å². The number of thioether (sulfide) groups is 1. The molecule has 3 aromatic carbocycles. The van der Waals surface area contributed by atoms with Crippen molar-refractivity contribution in [1.29, 1.82) is 0 Å². The number of methoxy groups -OCH3 is 1. The summed E-state index contributed by atoms with van der Waals surface area (Å²) in [6, 6.07) is 21.7. The molecule has 0 fully saturated rings. The maximum Gasteiger partial charge on any atom is 0.264 e. The Kier molecular flexibility index (Phi) is 9.63. The minimum atomic E-state index is -3.98. The Morgan fingerprint density at radius 2 is 1.66 bits per heavy atom. The molecule has 0 aliphatic heterocycles. The number of carbonyl (C=O) groups excluding carboxylic acids is 1. The minimum absolute atomic E-state index is 0.120. The Labute approximate surface area is 212 Å². The van der Waals surface area contributed by atoms with E-state index in [1.54, 1.807) is 48.5 Å². The van der Waals surface area contributed by atoms with Crippen LogP contribution in [0.2, 0.25) is 0 Å². The number of anilines is 1. The van der Waals surface area contributed by atoms with Crippen LogP contribution in [0.25, 0.3) is 0 Å². The van der Waals surface area contributed by atoms with Crippen LogP contribution in [-0.4, -0.2) is 40.3 Å². The molecule has 0 aromatic heterocycles. The lowest BCUT2D eigenvalue weighted by Gasteiger charge is -2.25. The predicted molar refractivity (Wildman–Crippen MR) is 144 cm³/mol. The van der Waals surface area contributed by atoms with Crippen molar-refractivity contribution in [1.82, 2.24) is 5.32 Å². The van der Waals surface area contributed by atoms with Crippen molar-refractivity contribution in [3.63, 3.8) is 0 Å². The van der Waals surface area contributed by atoms with E-state index in [2.05, 4.69) is 24.4 Å². The first-order chi connectivity index (χ1) is 16.8. The number of hydrogen-bond donors (Lipinski definition) is 1. The quantitative estimate of drug-likeness (QED) is 0.348. The molecule has 8 heteroatoms. The molecule has 186 valence electrons. The molecule has 0 aliphatic rings. The number of nitrogens with zero attached hydrogens (tertiary/aromatic N) is 1. The van der Waals surface area contributed by atoms with Crippen LogP contribution in [0.4, 0.5) is 5.69 Å². The molecule has 3 rings (SSSR count). The van der Waals surface area contributed by atoms with Gasteiger partial charge in [-0.2, -0.15) is 11.8 Å². The van der Waals surface area contributed by atoms with Crippen LogP contribution in [0.15, 0.2) is 77.7 Å². The Hall–Kier alpha value is -2.97. The molecule has 1 N–H and O–H groups in total. The third-order valence-corrected chi connectivity index (χ3v) is 8.42. The average molecular weight is 513 g/mol. The molecule has 0 unspecified atom stereocenters. The van der Waals surface area contributed by atoms with Crippen LogP contribution in [0.1, 0.15) is 23.1 Å². The van der Waals surface area contributed by atoms with Crippen molar-refractivity contribution < 1.29 is 17.9 Å². The molecule has 0 saturated carbocycles. The molecule has 0 atom stereocenters. The van der Waals surface area contributed by atoms with E-state index in [4.69, 9.17) is 4.74 Å². The van der Waals surface area contributed by atoms with Crippen molar-refractivity contribution in [2.75, 3.05) is 30.3 Å². The lowest BCUT2D eigenvalue weighted by molar-refractivity contribution is -0.119. The maximum absolute atomic E-state index is 13.5. The lowest BCUT2D eigenvalue weighted by Crippen LogP contribution is -2.41. The van der Waals surface area contributed by atoms with Crippen molar-refractivity contribution in [3.05, 3.63) is 89.5 Å². The zero-order valence-corrected chi connectivity index (χ0v) is 22.0. The number of amides is 1. The first kappa shape index (κ1) is 26.6. The summed E-state index contributed by atoms with van der Waals surface area (Å²) in [7, 11) is -2.51. The topological polar surface area (TPSA) is 75.7 Å². The SMILES string of the molecule is COc1ccccc1N(CC(=O)NCCCSCc1ccccc1C)S(=O)(=O)c1ccc(C)cc1. The van der Waals surface area contributed by atoms with E-state index >= 15 is 0 Å². The summed E-state index contributed by atoms with van der Waals surface area (Å²) >= 11 is 1.82. The minimum Gasteiger partial charge on any atom is -0.495 e. The monoisotopic (exact) mass is 512 g/mol. The van der Waals surface area contributed by atoms with Crippen LogP contribution in [0.5, 0.6) is 5.75 Å². The fourth-order valence-corrected chi connectivity index (χ4v) is 5.98. The second-order valence-corrected chi connectivity index (χ2v) is 11.1. The van der Waals surface area contributed by atoms with Crippen LogP contribution in [0, 0.1) is 13.8 Å². The van der Waals surface area contributed by atoms with Crippen molar-refractivity contribution in [2.24, 2.45) is 0 Å². The van der Waals surface area contributed by atoms with Gasteiger partial charge in [-0.15, -0.1) is 0 Å². The highest BCUT2D eigenvalue weighted by molar-refractivity contribution is 7.98. The van der Waals surface area contributed by atoms with Gasteiger partial charge in [-0.3, -0.25) is 9.10 Å². The van der Waals surface area contributed by atoms with Crippen LogP contribution in [0.3, 0.4) is 0 Å². The van der Waals surface area contributed by atoms with Gasteiger partial charge in [0.2, 0.25) is 5.91 Å². The molecule has 0 spiro atoms. The number of aryl methyl sites for hydroxylation is 2. The van der Waals surface area contributed by atoms with Gasteiger partial charge in [-0.1, -0.05) is 54.1 Å². The predicted octanol–water partition coefficient (Wildman–Crippen LogP) is 4.95. The first-order valence-electron chi connectivity index (χ1n) is 11.4. The smallest absolute Gasteiger partial charge is 0.264 e. The summed E-state index contributed by atoms with van der Waals surface area (Å²) in [4.78, 5) is 12.9. The number of rotatable bonds is 12. The maximum atomic E-state index is 13.5. The Morgan fingerprint density at radius 3 is 2.37 bits per heavy atom. The Morgan fingerprint density at radius 1 is 0.971 bits per heavy atom. The molecule has 35 heavy (non-hydrogen) atoms. The molecule has 3 aromatic rings. The number of sulfonamides is 1. The third-order valence-electron chi connectivity index (χ3n) is 5.56. The standard InChI is InChI=1S/C27H32N2O4S2/c1-21-13-15-24(16-14-21)35(31,32)29(25-11-6-7-12-26(25)33-3)19-27(30)28-17-8-18-34-20-23-10-5-4-9-22(23)2/h4-7,9-16H,8,17-20H2,1-3H3,(H,28,30). The summed E-state index contributed by atoms with van der Waals surface area (Å²) < 4.78 is 33.5. The van der Waals surface area contributed by atoms with Gasteiger partial charge in [0.25, 0.3) is 10.0 Å². The van der Waals surface area contributed by atoms with Gasteiger partial charge in [0, 0.05) is 12.3 Å². The molecular weight excluding hydrogens is 480 g/mol. The van der Waals surface area contributed by atoms with E-state index in [1.807, 2.05) is 30.8 Å². The van der Waals surface area contributed by atoms with E-state index in [-0.39, 0.29) is 17.3 Å². The zero-order chi connectivity index (χ0) is 25.3. The summed E-state index contributed by atoms with van der Waals surface area (Å²) in [6.45, 7) is 4.13. The molecule has 0 aliphatic carbocycles. The van der Waals surface area contributed by atoms with Gasteiger partial charge in [0.1, 0.15) is 12.3 Å². The fourth-order valence-electron chi connectivity index (χ4n) is 3.52. The lowest BCUT2D eigenvalue weighted by atomic mass is 10.1. The molecule has 0 radical (unpaired) electrons. The van der Waals surface area contributed by atoms with Crippen LogP contribution < -0.4 is 14.4 Å². The highest BCUT2D eigenvalue weighted by Gasteiger charge is 2.29. The number of nitrogens with one attached hydrogen (secondary N) is 1. The molecule has 0 bridgehead atoms. The van der Waals surface area contributed by atoms with Gasteiger partial charge in [0.05, 0.1) is 17.7 Å². The second-order valence-electron chi connectivity index (χ2n) is 8.18. The molecule has 6 nitrogen and oxygen atoms in total. The van der Waals surface area contributed by atoms with Gasteiger partial charge in [-0.25, -0.2) is 8.42 Å². The normalized spacial score (nSPS) is 11.2. The number of para-hydroxylation sites is 2. The van der Waals surface area contributed by atoms with E-state index in [9.17, 15) is 13.2 Å². The van der Waals surface area contributed by atoms with E-state index < -0.39 is 10.0 Å². The van der Waals surface area contributed by atoms with E-state index in [0.29, 0.717) is 18.0 Å². The van der Waals surface area contributed by atoms with Gasteiger partial charge < -0.3 is 10.1 Å². The number of ether oxygens (including phenoxy) is 1. The Bertz CT molecular complexity index is 1230. The summed E-state index contributed by atoms with van der Waals surface area (Å²) in [5.41, 5.74) is 3.86. The summed E-state index contributed by atoms with van der Waals surface area (Å²) in [5.74, 6) is 1.84. The van der Waals surface area contributed by atoms with Crippen molar-refractivity contribution in [3.8, 4) is 5.75 Å². The second kappa shape index (κ2) is 12.7. The fraction of sp³-hybridized carbons (Fsp3) is 0.296. The van der Waals surface area contributed by atoms with Gasteiger partial charge >= 0.3 is 0 Å². The average Bonchev–Trinajstić information content (AvgIpc) is 2.86. The van der Waals surface area contributed by atoms with E-state index in [0.717, 1.165) is 27.8 Å². The van der Waals surface area contributed by atoms with Crippen molar-refractivity contribution in [2.45, 2.75) is 30.9 Å². The molecule has 1 amide bonds. The highest BCUT2D eigenvalue weighted by atomic mass is 32.2. The number of benzene rings is 3. The highest BCUT2D eigenvalue weighted by Crippen LogP contribution is 2.32. The van der Waals surface area contributed by atoms with Crippen LogP contribution >= 0.6 is 11.8 Å². The molecule has 0 heterocycles. The van der Waals surface area contributed by atoms with E-state index in [1.165, 1.54) is 18.2 Å². The summed E-state index contributed by atoms with van der Waals surface area (Å²) in [6.07, 6.45) is 0.793. The van der Waals surface area contributed by atoms with Crippen LogP contribution in [-0.2, 0) is 20.6 Å². The third kappa shape index (κ3) is 7.26. The largest absolute Gasteiger partial charge is 0.495 e. The first-order valence-corrected chi connectivity index (χ1v) is 14.0. The van der Waals surface area contributed by atoms with Crippen molar-refractivity contribution >= 4 is 33.4 Å². The summed E-state index contributed by atoms with van der Waals surface area (Å²) in [5, 5.41) is 2.86. The number of hydrogen-bond acceptors (Lipinski definition) is 5. The Balaban J connectivity index is 1.63. The molecule has 0 saturated heterocycles.